The summed E-state index contributed by atoms with van der Waals surface area (Å²) >= 11 is 0. The zero-order valence-electron chi connectivity index (χ0n) is 11.8. The molecule has 5 nitrogen and oxygen atoms in total. The van der Waals surface area contributed by atoms with Crippen LogP contribution < -0.4 is 11.1 Å². The average molecular weight is 277 g/mol. The highest BCUT2D eigenvalue weighted by molar-refractivity contribution is 5.81. The molecule has 1 atom stereocenters. The third kappa shape index (κ3) is 4.30. The molecule has 5 heteroatoms. The first-order valence-corrected chi connectivity index (χ1v) is 7.16. The minimum atomic E-state index is -0.369. The van der Waals surface area contributed by atoms with Crippen LogP contribution in [0.2, 0.25) is 0 Å². The van der Waals surface area contributed by atoms with Crippen molar-refractivity contribution >= 4 is 5.91 Å². The highest BCUT2D eigenvalue weighted by Gasteiger charge is 2.26. The normalized spacial score (nSPS) is 18.8. The Kier molecular flexibility index (Phi) is 5.98. The number of amides is 1. The molecule has 110 valence electrons. The van der Waals surface area contributed by atoms with E-state index in [1.54, 1.807) is 0 Å². The van der Waals surface area contributed by atoms with Gasteiger partial charge in [0.25, 0.3) is 5.91 Å². The summed E-state index contributed by atoms with van der Waals surface area (Å²) in [5.41, 5.74) is 6.84. The fraction of sp³-hybridized carbons (Fsp3) is 0.533. The van der Waals surface area contributed by atoms with Crippen molar-refractivity contribution in [2.24, 2.45) is 5.73 Å². The minimum absolute atomic E-state index is 0.0404. The fourth-order valence-electron chi connectivity index (χ4n) is 2.32. The van der Waals surface area contributed by atoms with E-state index in [0.717, 1.165) is 13.0 Å². The first-order valence-electron chi connectivity index (χ1n) is 7.16. The number of carbonyl (C=O) groups excluding carboxylic acids is 1. The topological polar surface area (TPSA) is 67.6 Å². The average Bonchev–Trinajstić information content (AvgIpc) is 2.52. The van der Waals surface area contributed by atoms with Gasteiger partial charge in [0.1, 0.15) is 6.10 Å². The first kappa shape index (κ1) is 15.0. The van der Waals surface area contributed by atoms with Crippen molar-refractivity contribution in [3.8, 4) is 0 Å². The lowest BCUT2D eigenvalue weighted by molar-refractivity contribution is -0.145. The smallest absolute Gasteiger partial charge is 0.253 e. The summed E-state index contributed by atoms with van der Waals surface area (Å²) in [4.78, 5) is 14.2. The second kappa shape index (κ2) is 7.99. The van der Waals surface area contributed by atoms with E-state index in [0.29, 0.717) is 32.8 Å². The van der Waals surface area contributed by atoms with E-state index < -0.39 is 0 Å². The molecule has 1 heterocycles. The third-order valence-electron chi connectivity index (χ3n) is 3.43. The highest BCUT2D eigenvalue weighted by atomic mass is 16.5. The van der Waals surface area contributed by atoms with E-state index in [4.69, 9.17) is 10.5 Å². The van der Waals surface area contributed by atoms with Gasteiger partial charge in [0.05, 0.1) is 6.61 Å². The van der Waals surface area contributed by atoms with Gasteiger partial charge < -0.3 is 20.7 Å². The van der Waals surface area contributed by atoms with Crippen LogP contribution in [0, 0.1) is 0 Å². The van der Waals surface area contributed by atoms with Gasteiger partial charge >= 0.3 is 0 Å². The number of nitrogens with zero attached hydrogens (tertiary/aromatic N) is 1. The molecule has 0 aromatic heterocycles. The Hall–Kier alpha value is -1.43. The van der Waals surface area contributed by atoms with Gasteiger partial charge in [-0.05, 0) is 12.0 Å². The van der Waals surface area contributed by atoms with Crippen molar-refractivity contribution in [3.63, 3.8) is 0 Å². The monoisotopic (exact) mass is 277 g/mol. The number of morpholine rings is 1. The number of nitrogens with two attached hydrogens (primary N) is 1. The maximum atomic E-state index is 12.4. The van der Waals surface area contributed by atoms with Gasteiger partial charge in [0, 0.05) is 32.7 Å². The lowest BCUT2D eigenvalue weighted by Gasteiger charge is -2.29. The van der Waals surface area contributed by atoms with E-state index in [2.05, 4.69) is 17.4 Å². The van der Waals surface area contributed by atoms with Crippen LogP contribution in [-0.4, -0.2) is 56.2 Å². The number of rotatable bonds is 6. The molecule has 2 rings (SSSR count). The van der Waals surface area contributed by atoms with Gasteiger partial charge in [-0.1, -0.05) is 30.3 Å². The largest absolute Gasteiger partial charge is 0.366 e. The summed E-state index contributed by atoms with van der Waals surface area (Å²) in [6.07, 6.45) is 0.471. The van der Waals surface area contributed by atoms with Crippen molar-refractivity contribution in [1.29, 1.82) is 0 Å². The molecule has 1 aromatic rings. The van der Waals surface area contributed by atoms with Gasteiger partial charge in [-0.2, -0.15) is 0 Å². The molecular formula is C15H23N3O2. The van der Waals surface area contributed by atoms with Crippen molar-refractivity contribution < 1.29 is 9.53 Å². The number of carbonyl (C=O) groups is 1. The first-order chi connectivity index (χ1) is 9.81. The van der Waals surface area contributed by atoms with Gasteiger partial charge in [0.2, 0.25) is 0 Å². The fourth-order valence-corrected chi connectivity index (χ4v) is 2.32. The van der Waals surface area contributed by atoms with Crippen molar-refractivity contribution in [2.75, 3.05) is 39.3 Å². The summed E-state index contributed by atoms with van der Waals surface area (Å²) < 4.78 is 5.52. The number of benzene rings is 1. The zero-order chi connectivity index (χ0) is 14.2. The number of hydrogen-bond donors (Lipinski definition) is 2. The number of ether oxygens (including phenoxy) is 1. The molecule has 0 spiro atoms. The predicted molar refractivity (Wildman–Crippen MR) is 78.4 cm³/mol. The molecule has 1 fully saturated rings. The van der Waals surface area contributed by atoms with Crippen LogP contribution >= 0.6 is 0 Å². The van der Waals surface area contributed by atoms with Crippen LogP contribution in [0.25, 0.3) is 0 Å². The van der Waals surface area contributed by atoms with Crippen molar-refractivity contribution in [3.05, 3.63) is 35.9 Å². The van der Waals surface area contributed by atoms with Gasteiger partial charge in [-0.3, -0.25) is 4.79 Å². The molecule has 0 radical (unpaired) electrons. The highest BCUT2D eigenvalue weighted by Crippen LogP contribution is 2.06. The molecule has 1 unspecified atom stereocenters. The molecule has 1 saturated heterocycles. The minimum Gasteiger partial charge on any atom is -0.366 e. The van der Waals surface area contributed by atoms with Gasteiger partial charge in [-0.25, -0.2) is 0 Å². The van der Waals surface area contributed by atoms with E-state index >= 15 is 0 Å². The maximum absolute atomic E-state index is 12.4. The second-order valence-electron chi connectivity index (χ2n) is 4.91. The molecular weight excluding hydrogens is 254 g/mol. The van der Waals surface area contributed by atoms with Crippen LogP contribution in [0.15, 0.2) is 30.3 Å². The second-order valence-corrected chi connectivity index (χ2v) is 4.91. The quantitative estimate of drug-likeness (QED) is 0.768. The molecule has 1 aliphatic rings. The van der Waals surface area contributed by atoms with E-state index in [9.17, 15) is 4.79 Å². The van der Waals surface area contributed by atoms with Gasteiger partial charge in [-0.15, -0.1) is 0 Å². The maximum Gasteiger partial charge on any atom is 0.253 e. The van der Waals surface area contributed by atoms with E-state index in [1.807, 2.05) is 23.1 Å². The molecule has 0 bridgehead atoms. The van der Waals surface area contributed by atoms with Gasteiger partial charge in [0.15, 0.2) is 0 Å². The molecule has 1 aromatic carbocycles. The summed E-state index contributed by atoms with van der Waals surface area (Å²) in [5.74, 6) is 0.0404. The standard InChI is InChI=1S/C15H23N3O2/c16-7-10-18(9-6-13-4-2-1-3-5-13)15(19)14-12-17-8-11-20-14/h1-5,14,17H,6-12,16H2. The Morgan fingerprint density at radius 3 is 2.80 bits per heavy atom. The molecule has 0 aliphatic carbocycles. The Labute approximate surface area is 120 Å². The lowest BCUT2D eigenvalue weighted by atomic mass is 10.1. The SMILES string of the molecule is NCCN(CCc1ccccc1)C(=O)C1CNCCO1. The predicted octanol–water partition coefficient (Wildman–Crippen LogP) is 0.00480. The van der Waals surface area contributed by atoms with Crippen molar-refractivity contribution in [1.82, 2.24) is 10.2 Å². The van der Waals surface area contributed by atoms with E-state index in [-0.39, 0.29) is 12.0 Å². The molecule has 1 amide bonds. The van der Waals surface area contributed by atoms with Crippen LogP contribution in [0.1, 0.15) is 5.56 Å². The van der Waals surface area contributed by atoms with Crippen molar-refractivity contribution in [2.45, 2.75) is 12.5 Å². The molecule has 1 aliphatic heterocycles. The molecule has 20 heavy (non-hydrogen) atoms. The Balaban J connectivity index is 1.90. The zero-order valence-corrected chi connectivity index (χ0v) is 11.8. The molecule has 0 saturated carbocycles. The Bertz CT molecular complexity index is 405. The Morgan fingerprint density at radius 1 is 1.35 bits per heavy atom. The Morgan fingerprint density at radius 2 is 2.15 bits per heavy atom. The third-order valence-corrected chi connectivity index (χ3v) is 3.43. The van der Waals surface area contributed by atoms with Crippen LogP contribution in [-0.2, 0) is 16.0 Å². The van der Waals surface area contributed by atoms with E-state index in [1.165, 1.54) is 5.56 Å². The summed E-state index contributed by atoms with van der Waals surface area (Å²) in [7, 11) is 0. The summed E-state index contributed by atoms with van der Waals surface area (Å²) in [6.45, 7) is 3.72. The van der Waals surface area contributed by atoms with Crippen LogP contribution in [0.5, 0.6) is 0 Å². The summed E-state index contributed by atoms with van der Waals surface area (Å²) in [5, 5.41) is 3.18. The van der Waals surface area contributed by atoms with Crippen LogP contribution in [0.4, 0.5) is 0 Å². The summed E-state index contributed by atoms with van der Waals surface area (Å²) in [6, 6.07) is 10.2. The molecule has 3 N–H and O–H groups in total. The number of nitrogens with one attached hydrogen (secondary N) is 1. The number of hydrogen-bond acceptors (Lipinski definition) is 4. The van der Waals surface area contributed by atoms with Crippen LogP contribution in [0.3, 0.4) is 0 Å². The lowest BCUT2D eigenvalue weighted by Crippen LogP contribution is -2.50.